The Balaban J connectivity index is 2.88. The number of nitriles is 1. The molecular formula is C8H11N5O. The van der Waals surface area contributed by atoms with Gasteiger partial charge in [0.05, 0.1) is 12.3 Å². The standard InChI is InChI=1S/C8H11N5O/c1-8(2,5-9)13(3)7(14)6-4-10-12-11-6/h4H,1-3H3,(H,10,11,12). The first-order valence-electron chi connectivity index (χ1n) is 4.04. The Morgan fingerprint density at radius 3 is 2.79 bits per heavy atom. The van der Waals surface area contributed by atoms with Crippen molar-refractivity contribution >= 4 is 5.91 Å². The van der Waals surface area contributed by atoms with Crippen LogP contribution in [0.25, 0.3) is 0 Å². The highest BCUT2D eigenvalue weighted by Gasteiger charge is 2.29. The fourth-order valence-electron chi connectivity index (χ4n) is 0.805. The summed E-state index contributed by atoms with van der Waals surface area (Å²) in [4.78, 5) is 13.0. The van der Waals surface area contributed by atoms with Crippen molar-refractivity contribution in [3.63, 3.8) is 0 Å². The third-order valence-electron chi connectivity index (χ3n) is 2.05. The lowest BCUT2D eigenvalue weighted by Gasteiger charge is -2.28. The molecule has 0 saturated carbocycles. The Kier molecular flexibility index (Phi) is 2.51. The van der Waals surface area contributed by atoms with Crippen LogP contribution in [0.3, 0.4) is 0 Å². The summed E-state index contributed by atoms with van der Waals surface area (Å²) >= 11 is 0. The second-order valence-corrected chi connectivity index (χ2v) is 3.39. The molecule has 1 aromatic heterocycles. The van der Waals surface area contributed by atoms with Crippen molar-refractivity contribution in [2.24, 2.45) is 0 Å². The maximum absolute atomic E-state index is 11.7. The smallest absolute Gasteiger partial charge is 0.277 e. The molecule has 0 bridgehead atoms. The van der Waals surface area contributed by atoms with E-state index in [9.17, 15) is 4.79 Å². The minimum atomic E-state index is -0.851. The van der Waals surface area contributed by atoms with Crippen molar-refractivity contribution in [3.05, 3.63) is 11.9 Å². The molecule has 14 heavy (non-hydrogen) atoms. The molecule has 1 rings (SSSR count). The zero-order valence-electron chi connectivity index (χ0n) is 8.27. The zero-order chi connectivity index (χ0) is 10.8. The fraction of sp³-hybridized carbons (Fsp3) is 0.500. The van der Waals surface area contributed by atoms with Gasteiger partial charge in [-0.15, -0.1) is 0 Å². The van der Waals surface area contributed by atoms with Gasteiger partial charge in [-0.2, -0.15) is 20.7 Å². The summed E-state index contributed by atoms with van der Waals surface area (Å²) < 4.78 is 0. The number of hydrogen-bond acceptors (Lipinski definition) is 4. The lowest BCUT2D eigenvalue weighted by Crippen LogP contribution is -2.44. The third-order valence-corrected chi connectivity index (χ3v) is 2.05. The first kappa shape index (κ1) is 10.2. The van der Waals surface area contributed by atoms with Crippen LogP contribution in [0.15, 0.2) is 6.20 Å². The Hall–Kier alpha value is -1.90. The van der Waals surface area contributed by atoms with Gasteiger partial charge in [0, 0.05) is 7.05 Å². The largest absolute Gasteiger partial charge is 0.322 e. The van der Waals surface area contributed by atoms with Gasteiger partial charge in [-0.25, -0.2) is 0 Å². The second-order valence-electron chi connectivity index (χ2n) is 3.39. The normalized spacial score (nSPS) is 10.7. The van der Waals surface area contributed by atoms with E-state index in [0.29, 0.717) is 0 Å². The highest BCUT2D eigenvalue weighted by atomic mass is 16.2. The van der Waals surface area contributed by atoms with E-state index in [1.165, 1.54) is 11.1 Å². The summed E-state index contributed by atoms with van der Waals surface area (Å²) in [6.45, 7) is 3.32. The first-order chi connectivity index (χ1) is 6.49. The van der Waals surface area contributed by atoms with Crippen LogP contribution in [0.1, 0.15) is 24.3 Å². The topological polar surface area (TPSA) is 85.7 Å². The van der Waals surface area contributed by atoms with E-state index >= 15 is 0 Å². The van der Waals surface area contributed by atoms with Crippen LogP contribution in [-0.4, -0.2) is 38.8 Å². The van der Waals surface area contributed by atoms with Crippen LogP contribution in [0.4, 0.5) is 0 Å². The molecule has 0 unspecified atom stereocenters. The number of aromatic amines is 1. The molecule has 0 spiro atoms. The molecule has 1 heterocycles. The van der Waals surface area contributed by atoms with Crippen molar-refractivity contribution in [2.45, 2.75) is 19.4 Å². The van der Waals surface area contributed by atoms with Crippen LogP contribution >= 0.6 is 0 Å². The highest BCUT2D eigenvalue weighted by Crippen LogP contribution is 2.12. The van der Waals surface area contributed by atoms with Crippen molar-refractivity contribution in [2.75, 3.05) is 7.05 Å². The van der Waals surface area contributed by atoms with Crippen LogP contribution in [0.2, 0.25) is 0 Å². The van der Waals surface area contributed by atoms with E-state index in [0.717, 1.165) is 0 Å². The van der Waals surface area contributed by atoms with Crippen LogP contribution in [0.5, 0.6) is 0 Å². The predicted octanol–water partition coefficient (Wildman–Crippen LogP) is 0.179. The number of nitrogens with zero attached hydrogens (tertiary/aromatic N) is 4. The molecule has 0 fully saturated rings. The molecule has 0 radical (unpaired) electrons. The molecular weight excluding hydrogens is 182 g/mol. The molecule has 1 aromatic rings. The summed E-state index contributed by atoms with van der Waals surface area (Å²) in [5.41, 5.74) is -0.647. The molecule has 1 amide bonds. The minimum Gasteiger partial charge on any atom is -0.322 e. The fourth-order valence-corrected chi connectivity index (χ4v) is 0.805. The number of H-pyrrole nitrogens is 1. The lowest BCUT2D eigenvalue weighted by atomic mass is 10.1. The van der Waals surface area contributed by atoms with Crippen molar-refractivity contribution < 1.29 is 4.79 Å². The second kappa shape index (κ2) is 3.46. The van der Waals surface area contributed by atoms with E-state index in [1.54, 1.807) is 20.9 Å². The van der Waals surface area contributed by atoms with Crippen LogP contribution in [0, 0.1) is 11.3 Å². The Morgan fingerprint density at radius 2 is 2.36 bits per heavy atom. The zero-order valence-corrected chi connectivity index (χ0v) is 8.27. The molecule has 1 N–H and O–H groups in total. The van der Waals surface area contributed by atoms with Crippen molar-refractivity contribution in [1.82, 2.24) is 20.3 Å². The molecule has 0 aromatic carbocycles. The SMILES string of the molecule is CN(C(=O)c1cn[nH]n1)C(C)(C)C#N. The molecule has 74 valence electrons. The number of carbonyl (C=O) groups excluding carboxylic acids is 1. The van der Waals surface area contributed by atoms with Gasteiger partial charge >= 0.3 is 0 Å². The van der Waals surface area contributed by atoms with Gasteiger partial charge in [-0.05, 0) is 13.8 Å². The Morgan fingerprint density at radius 1 is 1.71 bits per heavy atom. The minimum absolute atomic E-state index is 0.204. The number of hydrogen-bond donors (Lipinski definition) is 1. The van der Waals surface area contributed by atoms with Crippen LogP contribution in [-0.2, 0) is 0 Å². The van der Waals surface area contributed by atoms with Gasteiger partial charge in [-0.3, -0.25) is 4.79 Å². The van der Waals surface area contributed by atoms with Gasteiger partial charge in [0.25, 0.3) is 5.91 Å². The summed E-state index contributed by atoms with van der Waals surface area (Å²) in [5.74, 6) is -0.328. The maximum atomic E-state index is 11.7. The van der Waals surface area contributed by atoms with E-state index in [1.807, 2.05) is 6.07 Å². The van der Waals surface area contributed by atoms with E-state index in [4.69, 9.17) is 5.26 Å². The number of carbonyl (C=O) groups is 1. The molecule has 0 aliphatic rings. The van der Waals surface area contributed by atoms with Gasteiger partial charge < -0.3 is 4.90 Å². The molecule has 0 saturated heterocycles. The molecule has 6 heteroatoms. The molecule has 0 aliphatic carbocycles. The predicted molar refractivity (Wildman–Crippen MR) is 48.2 cm³/mol. The first-order valence-corrected chi connectivity index (χ1v) is 4.04. The number of amides is 1. The quantitative estimate of drug-likeness (QED) is 0.725. The van der Waals surface area contributed by atoms with Gasteiger partial charge in [-0.1, -0.05) is 0 Å². The van der Waals surface area contributed by atoms with Gasteiger partial charge in [0.2, 0.25) is 0 Å². The highest BCUT2D eigenvalue weighted by molar-refractivity contribution is 5.92. The van der Waals surface area contributed by atoms with E-state index in [2.05, 4.69) is 15.4 Å². The van der Waals surface area contributed by atoms with Gasteiger partial charge in [0.1, 0.15) is 5.54 Å². The monoisotopic (exact) mass is 193 g/mol. The molecule has 0 atom stereocenters. The molecule has 0 aliphatic heterocycles. The molecule has 6 nitrogen and oxygen atoms in total. The van der Waals surface area contributed by atoms with Gasteiger partial charge in [0.15, 0.2) is 5.69 Å². The summed E-state index contributed by atoms with van der Waals surface area (Å²) in [6.07, 6.45) is 1.33. The maximum Gasteiger partial charge on any atom is 0.277 e. The average molecular weight is 193 g/mol. The van der Waals surface area contributed by atoms with Crippen LogP contribution < -0.4 is 0 Å². The third kappa shape index (κ3) is 1.71. The average Bonchev–Trinajstić information content (AvgIpc) is 2.68. The Labute approximate surface area is 81.5 Å². The summed E-state index contributed by atoms with van der Waals surface area (Å²) in [5, 5.41) is 18.3. The summed E-state index contributed by atoms with van der Waals surface area (Å²) in [7, 11) is 1.56. The number of rotatable bonds is 2. The van der Waals surface area contributed by atoms with Crippen molar-refractivity contribution in [1.29, 1.82) is 5.26 Å². The van der Waals surface area contributed by atoms with E-state index < -0.39 is 5.54 Å². The lowest BCUT2D eigenvalue weighted by molar-refractivity contribution is 0.0692. The number of aromatic nitrogens is 3. The van der Waals surface area contributed by atoms with Crippen molar-refractivity contribution in [3.8, 4) is 6.07 Å². The number of nitrogens with one attached hydrogen (secondary N) is 1. The Bertz CT molecular complexity index is 362. The summed E-state index contributed by atoms with van der Waals surface area (Å²) in [6, 6.07) is 2.03. The van der Waals surface area contributed by atoms with E-state index in [-0.39, 0.29) is 11.6 Å².